The number of imidazole rings is 1. The lowest BCUT2D eigenvalue weighted by Gasteiger charge is -2.28. The number of pyridine rings is 2. The monoisotopic (exact) mass is 409 g/mol. The molecule has 150 valence electrons. The lowest BCUT2D eigenvalue weighted by molar-refractivity contribution is -0.290. The molecule has 5 rings (SSSR count). The molecule has 4 heterocycles. The van der Waals surface area contributed by atoms with E-state index in [-0.39, 0.29) is 23.1 Å². The third-order valence-corrected chi connectivity index (χ3v) is 5.23. The number of aromatic nitrogens is 5. The van der Waals surface area contributed by atoms with Crippen molar-refractivity contribution in [1.29, 1.82) is 0 Å². The first-order valence-electron chi connectivity index (χ1n) is 8.80. The van der Waals surface area contributed by atoms with Crippen LogP contribution in [-0.2, 0) is 5.92 Å². The zero-order valence-corrected chi connectivity index (χ0v) is 14.6. The number of fused-ring (bicyclic) bond motifs is 3. The highest BCUT2D eigenvalue weighted by molar-refractivity contribution is 5.83. The Balaban J connectivity index is 1.80. The summed E-state index contributed by atoms with van der Waals surface area (Å²) >= 11 is 0. The predicted molar refractivity (Wildman–Crippen MR) is 90.3 cm³/mol. The topological polar surface area (TPSA) is 69.1 Å². The summed E-state index contributed by atoms with van der Waals surface area (Å²) in [5, 5.41) is 7.80. The molecule has 1 saturated carbocycles. The smallest absolute Gasteiger partial charge is 0.422 e. The maximum absolute atomic E-state index is 14.1. The van der Waals surface area contributed by atoms with Gasteiger partial charge < -0.3 is 4.42 Å². The average molecular weight is 409 g/mol. The van der Waals surface area contributed by atoms with E-state index in [1.165, 1.54) is 10.6 Å². The number of alkyl halides is 5. The van der Waals surface area contributed by atoms with E-state index in [2.05, 4.69) is 20.2 Å². The van der Waals surface area contributed by atoms with E-state index in [4.69, 9.17) is 4.42 Å². The quantitative estimate of drug-likeness (QED) is 0.453. The molecule has 0 N–H and O–H groups in total. The zero-order chi connectivity index (χ0) is 20.4. The van der Waals surface area contributed by atoms with Crippen LogP contribution in [0, 0.1) is 0 Å². The van der Waals surface area contributed by atoms with E-state index in [1.807, 2.05) is 0 Å². The molecule has 0 spiro atoms. The molecular weight excluding hydrogens is 397 g/mol. The van der Waals surface area contributed by atoms with Crippen LogP contribution in [-0.4, -0.2) is 30.7 Å². The molecule has 29 heavy (non-hydrogen) atoms. The fraction of sp³-hybridized carbons (Fsp3) is 0.333. The van der Waals surface area contributed by atoms with E-state index in [0.717, 1.165) is 31.7 Å². The van der Waals surface area contributed by atoms with Gasteiger partial charge in [0.1, 0.15) is 22.7 Å². The van der Waals surface area contributed by atoms with Crippen LogP contribution in [0.2, 0.25) is 0 Å². The summed E-state index contributed by atoms with van der Waals surface area (Å²) in [5.41, 5.74) is -0.334. The van der Waals surface area contributed by atoms with Gasteiger partial charge in [-0.25, -0.2) is 9.97 Å². The van der Waals surface area contributed by atoms with Crippen molar-refractivity contribution in [1.82, 2.24) is 24.6 Å². The van der Waals surface area contributed by atoms with Gasteiger partial charge in [0, 0.05) is 11.6 Å². The second-order valence-corrected chi connectivity index (χ2v) is 6.97. The highest BCUT2D eigenvalue weighted by atomic mass is 19.4. The first-order chi connectivity index (χ1) is 13.8. The molecule has 1 fully saturated rings. The van der Waals surface area contributed by atoms with Crippen molar-refractivity contribution in [3.05, 3.63) is 42.0 Å². The van der Waals surface area contributed by atoms with E-state index in [1.54, 1.807) is 12.1 Å². The predicted octanol–water partition coefficient (Wildman–Crippen LogP) is 4.85. The van der Waals surface area contributed by atoms with Crippen molar-refractivity contribution in [3.63, 3.8) is 0 Å². The van der Waals surface area contributed by atoms with Gasteiger partial charge in [-0.15, -0.1) is 10.2 Å². The fourth-order valence-electron chi connectivity index (χ4n) is 3.51. The first-order valence-corrected chi connectivity index (χ1v) is 8.80. The van der Waals surface area contributed by atoms with Crippen LogP contribution in [0.1, 0.15) is 36.4 Å². The molecule has 11 heteroatoms. The van der Waals surface area contributed by atoms with Crippen LogP contribution in [0.3, 0.4) is 0 Å². The van der Waals surface area contributed by atoms with E-state index in [9.17, 15) is 22.0 Å². The minimum Gasteiger partial charge on any atom is -0.422 e. The van der Waals surface area contributed by atoms with Gasteiger partial charge in [0.2, 0.25) is 6.39 Å². The molecule has 4 aromatic heterocycles. The summed E-state index contributed by atoms with van der Waals surface area (Å²) in [6.45, 7) is 0. The fourth-order valence-corrected chi connectivity index (χ4v) is 3.51. The Morgan fingerprint density at radius 3 is 2.48 bits per heavy atom. The Hall–Kier alpha value is -3.11. The minimum absolute atomic E-state index is 0.0240. The van der Waals surface area contributed by atoms with Crippen molar-refractivity contribution in [2.75, 3.05) is 0 Å². The van der Waals surface area contributed by atoms with Crippen LogP contribution >= 0.6 is 0 Å². The number of halogens is 5. The minimum atomic E-state index is -5.75. The average Bonchev–Trinajstić information content (AvgIpc) is 3.28. The maximum atomic E-state index is 14.1. The van der Waals surface area contributed by atoms with Crippen molar-refractivity contribution in [2.24, 2.45) is 0 Å². The highest BCUT2D eigenvalue weighted by Gasteiger charge is 2.60. The van der Waals surface area contributed by atoms with Gasteiger partial charge in [-0.1, -0.05) is 6.42 Å². The summed E-state index contributed by atoms with van der Waals surface area (Å²) in [5.74, 6) is -5.06. The molecule has 4 aromatic rings. The second-order valence-electron chi connectivity index (χ2n) is 6.97. The molecule has 0 atom stereocenters. The molecular formula is C18H12F5N5O. The van der Waals surface area contributed by atoms with Crippen molar-refractivity contribution in [3.8, 4) is 11.6 Å². The van der Waals surface area contributed by atoms with Gasteiger partial charge in [0.15, 0.2) is 0 Å². The van der Waals surface area contributed by atoms with Crippen molar-refractivity contribution >= 4 is 16.7 Å². The summed E-state index contributed by atoms with van der Waals surface area (Å²) in [4.78, 5) is 8.00. The van der Waals surface area contributed by atoms with E-state index >= 15 is 0 Å². The van der Waals surface area contributed by atoms with Gasteiger partial charge in [-0.05, 0) is 42.5 Å². The molecule has 0 aromatic carbocycles. The molecule has 0 aliphatic heterocycles. The number of nitrogens with zero attached hydrogens (tertiary/aromatic N) is 5. The van der Waals surface area contributed by atoms with Crippen molar-refractivity contribution < 1.29 is 26.4 Å². The molecule has 1 aliphatic rings. The summed E-state index contributed by atoms with van der Waals surface area (Å²) in [7, 11) is 0. The Labute approximate surface area is 159 Å². The van der Waals surface area contributed by atoms with Gasteiger partial charge in [-0.2, -0.15) is 22.0 Å². The largest absolute Gasteiger partial charge is 0.459 e. The molecule has 1 aliphatic carbocycles. The summed E-state index contributed by atoms with van der Waals surface area (Å²) in [6, 6.07) is 4.18. The van der Waals surface area contributed by atoms with Crippen LogP contribution in [0.5, 0.6) is 0 Å². The lowest BCUT2D eigenvalue weighted by atomic mass is 9.78. The number of rotatable bonds is 3. The van der Waals surface area contributed by atoms with Gasteiger partial charge in [0.25, 0.3) is 5.89 Å². The second kappa shape index (κ2) is 5.94. The van der Waals surface area contributed by atoms with Gasteiger partial charge in [0.05, 0.1) is 0 Å². The summed E-state index contributed by atoms with van der Waals surface area (Å²) < 4.78 is 73.8. The third kappa shape index (κ3) is 2.67. The normalized spacial score (nSPS) is 15.9. The third-order valence-electron chi connectivity index (χ3n) is 5.23. The molecule has 0 saturated heterocycles. The highest BCUT2D eigenvalue weighted by Crippen LogP contribution is 2.46. The zero-order valence-electron chi connectivity index (χ0n) is 14.6. The number of hydrogen-bond acceptors (Lipinski definition) is 5. The Kier molecular flexibility index (Phi) is 3.68. The molecule has 0 amide bonds. The molecule has 0 unspecified atom stereocenters. The SMILES string of the molecule is FC(F)(F)C(F)(F)c1cc(C2CCC2)c2ccc3nc(-c4nnco4)cn3c2n1. The molecule has 0 bridgehead atoms. The Morgan fingerprint density at radius 1 is 1.07 bits per heavy atom. The van der Waals surface area contributed by atoms with E-state index < -0.39 is 17.8 Å². The van der Waals surface area contributed by atoms with Crippen molar-refractivity contribution in [2.45, 2.75) is 37.3 Å². The Morgan fingerprint density at radius 2 is 1.86 bits per heavy atom. The van der Waals surface area contributed by atoms with Crippen LogP contribution in [0.15, 0.2) is 35.2 Å². The molecule has 6 nitrogen and oxygen atoms in total. The van der Waals surface area contributed by atoms with Crippen LogP contribution < -0.4 is 0 Å². The van der Waals surface area contributed by atoms with E-state index in [0.29, 0.717) is 16.6 Å². The van der Waals surface area contributed by atoms with Crippen LogP contribution in [0.4, 0.5) is 22.0 Å². The lowest BCUT2D eigenvalue weighted by Crippen LogP contribution is -2.35. The first kappa shape index (κ1) is 18.0. The standard InChI is InChI=1S/C18H12F5N5O/c19-17(20,18(21,22)23)13-6-11(9-2-1-3-9)10-4-5-14-25-12(16-27-24-8-29-16)7-28(14)15(10)26-13/h4-9H,1-3H2. The maximum Gasteiger partial charge on any atom is 0.459 e. The molecule has 0 radical (unpaired) electrons. The van der Waals surface area contributed by atoms with Gasteiger partial charge >= 0.3 is 12.1 Å². The number of hydrogen-bond donors (Lipinski definition) is 0. The van der Waals surface area contributed by atoms with Gasteiger partial charge in [-0.3, -0.25) is 4.40 Å². The summed E-state index contributed by atoms with van der Waals surface area (Å²) in [6.07, 6.45) is -0.863. The Bertz CT molecular complexity index is 1210. The van der Waals surface area contributed by atoms with Crippen LogP contribution in [0.25, 0.3) is 28.3 Å².